The van der Waals surface area contributed by atoms with Crippen molar-refractivity contribution in [2.45, 2.75) is 26.3 Å². The van der Waals surface area contributed by atoms with Gasteiger partial charge in [-0.3, -0.25) is 4.79 Å². The molecule has 0 aliphatic carbocycles. The highest BCUT2D eigenvalue weighted by Gasteiger charge is 2.35. The Balaban J connectivity index is 0.00000128. The van der Waals surface area contributed by atoms with Crippen LogP contribution in [0.25, 0.3) is 0 Å². The quantitative estimate of drug-likeness (QED) is 0.741. The van der Waals surface area contributed by atoms with Gasteiger partial charge in [0.15, 0.2) is 0 Å². The van der Waals surface area contributed by atoms with Crippen molar-refractivity contribution in [2.24, 2.45) is 5.41 Å². The third-order valence-electron chi connectivity index (χ3n) is 3.21. The van der Waals surface area contributed by atoms with Crippen LogP contribution in [0.3, 0.4) is 0 Å². The number of hydrogen-bond donors (Lipinski definition) is 1. The first-order valence-corrected chi connectivity index (χ1v) is 5.68. The van der Waals surface area contributed by atoms with Crippen molar-refractivity contribution in [1.82, 2.24) is 10.2 Å². The number of ether oxygens (including phenoxy) is 1. The Kier molecular flexibility index (Phi) is 4.59. The van der Waals surface area contributed by atoms with E-state index in [9.17, 15) is 4.79 Å². The Hall–Kier alpha value is -0.320. The maximum atomic E-state index is 12.1. The van der Waals surface area contributed by atoms with Crippen LogP contribution >= 0.6 is 12.4 Å². The molecule has 1 unspecified atom stereocenters. The van der Waals surface area contributed by atoms with Crippen LogP contribution < -0.4 is 5.32 Å². The first kappa shape index (κ1) is 13.7. The molecule has 0 radical (unpaired) electrons. The Morgan fingerprint density at radius 1 is 1.50 bits per heavy atom. The second-order valence-electron chi connectivity index (χ2n) is 5.26. The van der Waals surface area contributed by atoms with Gasteiger partial charge in [-0.2, -0.15) is 0 Å². The summed E-state index contributed by atoms with van der Waals surface area (Å²) in [7, 11) is 0. The van der Waals surface area contributed by atoms with Crippen molar-refractivity contribution >= 4 is 18.3 Å². The van der Waals surface area contributed by atoms with Crippen LogP contribution in [0.5, 0.6) is 0 Å². The summed E-state index contributed by atoms with van der Waals surface area (Å²) in [5.74, 6) is 0.209. The molecule has 2 aliphatic rings. The number of nitrogens with one attached hydrogen (secondary N) is 1. The van der Waals surface area contributed by atoms with Crippen molar-refractivity contribution in [2.75, 3.05) is 32.8 Å². The maximum Gasteiger partial charge on any atom is 0.242 e. The molecule has 94 valence electrons. The largest absolute Gasteiger partial charge is 0.378 e. The summed E-state index contributed by atoms with van der Waals surface area (Å²) in [5, 5.41) is 3.21. The Morgan fingerprint density at radius 2 is 2.25 bits per heavy atom. The summed E-state index contributed by atoms with van der Waals surface area (Å²) in [6.07, 6.45) is 1.10. The number of halogens is 1. The lowest BCUT2D eigenvalue weighted by atomic mass is 9.93. The molecule has 4 nitrogen and oxygen atoms in total. The van der Waals surface area contributed by atoms with Gasteiger partial charge in [0, 0.05) is 19.6 Å². The first-order chi connectivity index (χ1) is 7.08. The predicted octanol–water partition coefficient (Wildman–Crippen LogP) is 0.655. The molecule has 2 fully saturated rings. The number of nitrogens with zero attached hydrogens (tertiary/aromatic N) is 1. The van der Waals surface area contributed by atoms with Crippen LogP contribution in [-0.2, 0) is 9.53 Å². The number of rotatable bonds is 1. The third-order valence-corrected chi connectivity index (χ3v) is 3.21. The highest BCUT2D eigenvalue weighted by Crippen LogP contribution is 2.29. The monoisotopic (exact) mass is 248 g/mol. The van der Waals surface area contributed by atoms with Crippen LogP contribution in [-0.4, -0.2) is 49.7 Å². The molecule has 16 heavy (non-hydrogen) atoms. The van der Waals surface area contributed by atoms with Crippen LogP contribution in [0.15, 0.2) is 0 Å². The second-order valence-corrected chi connectivity index (χ2v) is 5.26. The molecule has 2 saturated heterocycles. The van der Waals surface area contributed by atoms with E-state index < -0.39 is 0 Å². The zero-order valence-corrected chi connectivity index (χ0v) is 10.8. The average Bonchev–Trinajstić information content (AvgIpc) is 2.59. The van der Waals surface area contributed by atoms with Crippen molar-refractivity contribution < 1.29 is 9.53 Å². The molecule has 2 rings (SSSR count). The van der Waals surface area contributed by atoms with Crippen molar-refractivity contribution in [3.63, 3.8) is 0 Å². The van der Waals surface area contributed by atoms with Crippen molar-refractivity contribution in [3.8, 4) is 0 Å². The van der Waals surface area contributed by atoms with E-state index in [0.717, 1.165) is 32.7 Å². The zero-order chi connectivity index (χ0) is 10.9. The molecule has 2 aliphatic heterocycles. The summed E-state index contributed by atoms with van der Waals surface area (Å²) in [6.45, 7) is 8.23. The molecule has 0 saturated carbocycles. The van der Waals surface area contributed by atoms with Gasteiger partial charge in [-0.1, -0.05) is 13.8 Å². The topological polar surface area (TPSA) is 41.6 Å². The molecule has 5 heteroatoms. The van der Waals surface area contributed by atoms with Gasteiger partial charge in [0.05, 0.1) is 13.2 Å². The van der Waals surface area contributed by atoms with E-state index in [1.165, 1.54) is 0 Å². The second kappa shape index (κ2) is 5.34. The molecular weight excluding hydrogens is 228 g/mol. The van der Waals surface area contributed by atoms with Gasteiger partial charge in [-0.25, -0.2) is 0 Å². The van der Waals surface area contributed by atoms with E-state index in [1.54, 1.807) is 0 Å². The fourth-order valence-electron chi connectivity index (χ4n) is 2.24. The maximum absolute atomic E-state index is 12.1. The highest BCUT2D eigenvalue weighted by atomic mass is 35.5. The van der Waals surface area contributed by atoms with Gasteiger partial charge < -0.3 is 15.0 Å². The van der Waals surface area contributed by atoms with Crippen LogP contribution in [0.2, 0.25) is 0 Å². The smallest absolute Gasteiger partial charge is 0.242 e. The van der Waals surface area contributed by atoms with Crippen molar-refractivity contribution in [3.05, 3.63) is 0 Å². The van der Waals surface area contributed by atoms with E-state index in [2.05, 4.69) is 19.2 Å². The highest BCUT2D eigenvalue weighted by molar-refractivity contribution is 5.85. The van der Waals surface area contributed by atoms with Gasteiger partial charge in [0.25, 0.3) is 0 Å². The lowest BCUT2D eigenvalue weighted by molar-refractivity contribution is -0.135. The molecule has 0 aromatic heterocycles. The fourth-order valence-corrected chi connectivity index (χ4v) is 2.24. The molecule has 0 aromatic rings. The molecule has 1 atom stereocenters. The molecule has 2 heterocycles. The lowest BCUT2D eigenvalue weighted by Crippen LogP contribution is -2.52. The summed E-state index contributed by atoms with van der Waals surface area (Å²) in [5.41, 5.74) is 0.283. The van der Waals surface area contributed by atoms with Gasteiger partial charge in [-0.15, -0.1) is 12.4 Å². The van der Waals surface area contributed by atoms with E-state index >= 15 is 0 Å². The lowest BCUT2D eigenvalue weighted by Gasteiger charge is -2.28. The number of carbonyl (C=O) groups is 1. The van der Waals surface area contributed by atoms with Gasteiger partial charge in [0.2, 0.25) is 5.91 Å². The molecule has 0 spiro atoms. The van der Waals surface area contributed by atoms with Crippen LogP contribution in [0, 0.1) is 5.41 Å². The van der Waals surface area contributed by atoms with E-state index in [0.29, 0.717) is 6.61 Å². The molecule has 1 N–H and O–H groups in total. The summed E-state index contributed by atoms with van der Waals surface area (Å²) < 4.78 is 5.30. The first-order valence-electron chi connectivity index (χ1n) is 5.68. The van der Waals surface area contributed by atoms with Gasteiger partial charge in [0.1, 0.15) is 6.04 Å². The summed E-state index contributed by atoms with van der Waals surface area (Å²) in [4.78, 5) is 14.0. The normalized spacial score (nSPS) is 28.6. The van der Waals surface area contributed by atoms with E-state index in [4.69, 9.17) is 4.74 Å². The minimum atomic E-state index is -0.118. The van der Waals surface area contributed by atoms with E-state index in [-0.39, 0.29) is 29.8 Å². The Labute approximate surface area is 103 Å². The van der Waals surface area contributed by atoms with Crippen LogP contribution in [0.1, 0.15) is 20.3 Å². The minimum Gasteiger partial charge on any atom is -0.378 e. The standard InChI is InChI=1S/C11H20N2O2.ClH/c1-11(2)3-5-13(8-11)10(14)9-7-15-6-4-12-9;/h9,12H,3-8H2,1-2H3;1H. The number of amides is 1. The van der Waals surface area contributed by atoms with Gasteiger partial charge in [-0.05, 0) is 11.8 Å². The summed E-state index contributed by atoms with van der Waals surface area (Å²) in [6, 6.07) is -0.118. The number of hydrogen-bond acceptors (Lipinski definition) is 3. The number of morpholine rings is 1. The summed E-state index contributed by atoms with van der Waals surface area (Å²) >= 11 is 0. The molecule has 0 bridgehead atoms. The molecular formula is C11H21ClN2O2. The Morgan fingerprint density at radius 3 is 2.75 bits per heavy atom. The average molecular weight is 249 g/mol. The zero-order valence-electron chi connectivity index (χ0n) is 9.99. The number of likely N-dealkylation sites (tertiary alicyclic amines) is 1. The number of carbonyl (C=O) groups excluding carboxylic acids is 1. The third kappa shape index (κ3) is 3.09. The van der Waals surface area contributed by atoms with Gasteiger partial charge >= 0.3 is 0 Å². The van der Waals surface area contributed by atoms with Crippen molar-refractivity contribution in [1.29, 1.82) is 0 Å². The molecule has 1 amide bonds. The fraction of sp³-hybridized carbons (Fsp3) is 0.909. The SMILES string of the molecule is CC1(C)CCN(C(=O)C2COCCN2)C1.Cl. The Bertz CT molecular complexity index is 252. The molecule has 0 aromatic carbocycles. The predicted molar refractivity (Wildman–Crippen MR) is 64.8 cm³/mol. The minimum absolute atomic E-state index is 0. The van der Waals surface area contributed by atoms with E-state index in [1.807, 2.05) is 4.90 Å². The van der Waals surface area contributed by atoms with Crippen LogP contribution in [0.4, 0.5) is 0 Å².